The van der Waals surface area contributed by atoms with Crippen LogP contribution in [0, 0.1) is 0 Å². The van der Waals surface area contributed by atoms with Crippen LogP contribution in [0.5, 0.6) is 0 Å². The Morgan fingerprint density at radius 1 is 1.18 bits per heavy atom. The van der Waals surface area contributed by atoms with Gasteiger partial charge in [-0.25, -0.2) is 4.68 Å². The predicted molar refractivity (Wildman–Crippen MR) is 100 cm³/mol. The molecule has 0 saturated carbocycles. The average Bonchev–Trinajstić information content (AvgIpc) is 3.27. The van der Waals surface area contributed by atoms with E-state index in [4.69, 9.17) is 0 Å². The minimum atomic E-state index is -0.469. The highest BCUT2D eigenvalue weighted by Crippen LogP contribution is 2.24. The minimum Gasteiger partial charge on any atom is -0.336 e. The quantitative estimate of drug-likeness (QED) is 0.738. The van der Waals surface area contributed by atoms with Crippen molar-refractivity contribution < 1.29 is 9.59 Å². The lowest BCUT2D eigenvalue weighted by molar-refractivity contribution is -0.135. The Balaban J connectivity index is 1.48. The van der Waals surface area contributed by atoms with Gasteiger partial charge >= 0.3 is 0 Å². The summed E-state index contributed by atoms with van der Waals surface area (Å²) in [6.45, 7) is 2.89. The Morgan fingerprint density at radius 3 is 2.82 bits per heavy atom. The van der Waals surface area contributed by atoms with Gasteiger partial charge < -0.3 is 10.2 Å². The largest absolute Gasteiger partial charge is 0.336 e. The van der Waals surface area contributed by atoms with Gasteiger partial charge in [0.15, 0.2) is 0 Å². The fourth-order valence-electron chi connectivity index (χ4n) is 3.24. The number of anilines is 1. The van der Waals surface area contributed by atoms with Gasteiger partial charge in [0.2, 0.25) is 5.91 Å². The zero-order valence-corrected chi connectivity index (χ0v) is 15.3. The molecule has 0 aliphatic carbocycles. The van der Waals surface area contributed by atoms with Crippen molar-refractivity contribution in [1.29, 1.82) is 0 Å². The second-order valence-electron chi connectivity index (χ2n) is 6.63. The molecule has 4 rings (SSSR count). The van der Waals surface area contributed by atoms with Crippen molar-refractivity contribution in [3.8, 4) is 0 Å². The zero-order chi connectivity index (χ0) is 19.5. The molecule has 2 aromatic heterocycles. The molecule has 0 fully saturated rings. The molecule has 0 bridgehead atoms. The number of nitrogens with one attached hydrogen (secondary N) is 1. The Kier molecular flexibility index (Phi) is 4.79. The van der Waals surface area contributed by atoms with Crippen LogP contribution >= 0.6 is 0 Å². The molecule has 1 aromatic carbocycles. The van der Waals surface area contributed by atoms with Crippen LogP contribution in [0.4, 0.5) is 5.69 Å². The van der Waals surface area contributed by atoms with Crippen LogP contribution in [0.3, 0.4) is 0 Å². The number of fused-ring (bicyclic) bond motifs is 1. The topological polar surface area (TPSA) is 106 Å². The van der Waals surface area contributed by atoms with Crippen LogP contribution in [-0.4, -0.2) is 48.5 Å². The van der Waals surface area contributed by atoms with E-state index in [2.05, 4.69) is 25.8 Å². The molecule has 3 heterocycles. The van der Waals surface area contributed by atoms with Crippen molar-refractivity contribution >= 4 is 17.5 Å². The van der Waals surface area contributed by atoms with Gasteiger partial charge in [0.1, 0.15) is 18.1 Å². The Bertz CT molecular complexity index is 989. The number of carbonyl (C=O) groups is 2. The van der Waals surface area contributed by atoms with Gasteiger partial charge in [-0.2, -0.15) is 0 Å². The summed E-state index contributed by atoms with van der Waals surface area (Å²) in [4.78, 5) is 30.9. The van der Waals surface area contributed by atoms with Crippen molar-refractivity contribution in [2.75, 3.05) is 11.9 Å². The highest BCUT2D eigenvalue weighted by atomic mass is 16.2. The maximum Gasteiger partial charge on any atom is 0.274 e. The van der Waals surface area contributed by atoms with E-state index in [-0.39, 0.29) is 11.8 Å². The number of rotatable bonds is 4. The first-order valence-electron chi connectivity index (χ1n) is 8.97. The van der Waals surface area contributed by atoms with Gasteiger partial charge in [0.05, 0.1) is 0 Å². The lowest BCUT2D eigenvalue weighted by Crippen LogP contribution is -2.40. The van der Waals surface area contributed by atoms with Gasteiger partial charge in [0, 0.05) is 25.0 Å². The zero-order valence-electron chi connectivity index (χ0n) is 15.3. The van der Waals surface area contributed by atoms with Gasteiger partial charge in [-0.3, -0.25) is 14.6 Å². The number of pyridine rings is 1. The molecule has 28 heavy (non-hydrogen) atoms. The minimum absolute atomic E-state index is 0.0409. The number of hydrogen-bond donors (Lipinski definition) is 1. The number of benzene rings is 1. The Labute approximate surface area is 161 Å². The van der Waals surface area contributed by atoms with Crippen molar-refractivity contribution in [3.05, 3.63) is 65.7 Å². The van der Waals surface area contributed by atoms with Gasteiger partial charge in [0.25, 0.3) is 5.91 Å². The van der Waals surface area contributed by atoms with Gasteiger partial charge in [-0.15, -0.1) is 5.10 Å². The van der Waals surface area contributed by atoms with E-state index in [0.29, 0.717) is 24.5 Å². The number of carbonyl (C=O) groups excluding carboxylic acids is 2. The summed E-state index contributed by atoms with van der Waals surface area (Å²) < 4.78 is 1.45. The standard InChI is InChI=1S/C19H19N7O2/c1-13(26-12-21-23-24-26)19(28)25-9-7-14-5-6-16(10-15(14)11-25)22-18(27)17-4-2-3-8-20-17/h2-6,8,10,12-13H,7,9,11H2,1H3,(H,22,27)/t13-/m0/s1. The number of hydrogen-bond acceptors (Lipinski definition) is 6. The van der Waals surface area contributed by atoms with E-state index >= 15 is 0 Å². The molecule has 1 aliphatic heterocycles. The van der Waals surface area contributed by atoms with Crippen molar-refractivity contribution in [3.63, 3.8) is 0 Å². The third-order valence-electron chi connectivity index (χ3n) is 4.80. The first-order chi connectivity index (χ1) is 13.6. The molecule has 0 radical (unpaired) electrons. The number of nitrogens with zero attached hydrogens (tertiary/aromatic N) is 6. The first-order valence-corrected chi connectivity index (χ1v) is 8.97. The molecule has 9 heteroatoms. The predicted octanol–water partition coefficient (Wildman–Crippen LogP) is 1.47. The molecule has 1 N–H and O–H groups in total. The lowest BCUT2D eigenvalue weighted by atomic mass is 9.98. The highest BCUT2D eigenvalue weighted by molar-refractivity contribution is 6.02. The maximum absolute atomic E-state index is 12.8. The van der Waals surface area contributed by atoms with Crippen LogP contribution < -0.4 is 5.32 Å². The molecule has 0 saturated heterocycles. The fraction of sp³-hybridized carbons (Fsp3) is 0.263. The molecule has 1 atom stereocenters. The van der Waals surface area contributed by atoms with E-state index in [1.807, 2.05) is 18.2 Å². The average molecular weight is 377 g/mol. The van der Waals surface area contributed by atoms with Crippen LogP contribution in [0.25, 0.3) is 0 Å². The van der Waals surface area contributed by atoms with E-state index in [9.17, 15) is 9.59 Å². The summed E-state index contributed by atoms with van der Waals surface area (Å²) in [5.41, 5.74) is 3.22. The van der Waals surface area contributed by atoms with Gasteiger partial charge in [-0.05, 0) is 59.2 Å². The summed E-state index contributed by atoms with van der Waals surface area (Å²) in [7, 11) is 0. The molecular formula is C19H19N7O2. The lowest BCUT2D eigenvalue weighted by Gasteiger charge is -2.31. The van der Waals surface area contributed by atoms with Crippen LogP contribution in [0.1, 0.15) is 34.6 Å². The van der Waals surface area contributed by atoms with E-state index in [1.165, 1.54) is 16.6 Å². The monoisotopic (exact) mass is 377 g/mol. The molecule has 0 spiro atoms. The molecule has 0 unspecified atom stereocenters. The second-order valence-corrected chi connectivity index (χ2v) is 6.63. The summed E-state index contributed by atoms with van der Waals surface area (Å²) in [6.07, 6.45) is 3.78. The first kappa shape index (κ1) is 17.8. The molecular weight excluding hydrogens is 358 g/mol. The van der Waals surface area contributed by atoms with E-state index in [1.54, 1.807) is 36.2 Å². The number of aromatic nitrogens is 5. The van der Waals surface area contributed by atoms with Crippen molar-refractivity contribution in [1.82, 2.24) is 30.1 Å². The molecule has 9 nitrogen and oxygen atoms in total. The third-order valence-corrected chi connectivity index (χ3v) is 4.80. The van der Waals surface area contributed by atoms with Crippen molar-refractivity contribution in [2.45, 2.75) is 25.9 Å². The maximum atomic E-state index is 12.8. The third kappa shape index (κ3) is 3.59. The summed E-state index contributed by atoms with van der Waals surface area (Å²) in [6, 6.07) is 10.5. The molecule has 1 aliphatic rings. The SMILES string of the molecule is C[C@@H](C(=O)N1CCc2ccc(NC(=O)c3ccccn3)cc2C1)n1cnnn1. The van der Waals surface area contributed by atoms with Crippen molar-refractivity contribution in [2.24, 2.45) is 0 Å². The second kappa shape index (κ2) is 7.55. The Hall–Kier alpha value is -3.62. The van der Waals surface area contributed by atoms with Crippen LogP contribution in [0.2, 0.25) is 0 Å². The molecule has 142 valence electrons. The number of tetrazole rings is 1. The summed E-state index contributed by atoms with van der Waals surface area (Å²) >= 11 is 0. The highest BCUT2D eigenvalue weighted by Gasteiger charge is 2.26. The van der Waals surface area contributed by atoms with E-state index < -0.39 is 6.04 Å². The molecule has 2 amide bonds. The van der Waals surface area contributed by atoms with Crippen LogP contribution in [0.15, 0.2) is 48.9 Å². The smallest absolute Gasteiger partial charge is 0.274 e. The van der Waals surface area contributed by atoms with Gasteiger partial charge in [-0.1, -0.05) is 12.1 Å². The van der Waals surface area contributed by atoms with Crippen LogP contribution in [-0.2, 0) is 17.8 Å². The normalized spacial score (nSPS) is 14.2. The number of amides is 2. The van der Waals surface area contributed by atoms with E-state index in [0.717, 1.165) is 12.0 Å². The fourth-order valence-corrected chi connectivity index (χ4v) is 3.24. The molecule has 3 aromatic rings. The Morgan fingerprint density at radius 2 is 2.07 bits per heavy atom. The summed E-state index contributed by atoms with van der Waals surface area (Å²) in [5.74, 6) is -0.308. The summed E-state index contributed by atoms with van der Waals surface area (Å²) in [5, 5.41) is 13.8.